The molecule has 9 aromatic carbocycles. The van der Waals surface area contributed by atoms with Crippen molar-refractivity contribution in [1.29, 1.82) is 0 Å². The fourth-order valence-corrected chi connectivity index (χ4v) is 12.2. The second-order valence-corrected chi connectivity index (χ2v) is 17.6. The molecule has 0 fully saturated rings. The Morgan fingerprint density at radius 2 is 0.905 bits per heavy atom. The quantitative estimate of drug-likeness (QED) is 0.178. The lowest BCUT2D eigenvalue weighted by atomic mass is 9.70. The van der Waals surface area contributed by atoms with E-state index in [2.05, 4.69) is 174 Å². The maximum atomic E-state index is 5.23. The van der Waals surface area contributed by atoms with Crippen molar-refractivity contribution < 1.29 is 0 Å². The molecular weight excluding hydrogens is 785 g/mol. The Balaban J connectivity index is 1.06. The number of nitrogens with zero attached hydrogens (tertiary/aromatic N) is 4. The molecule has 1 spiro atoms. The zero-order chi connectivity index (χ0) is 41.2. The predicted molar refractivity (Wildman–Crippen MR) is 260 cm³/mol. The number of thiophene rings is 1. The SMILES string of the molecule is c1ccc(-c2nc(-c3ccccc3)nc(-c3ccc(-n4c5ccccc5c5c6c(ccc54)C4(c5ccccc5-c5ccccc54)c4ccccc4-6)c4sc5ccccc5c34)n2)cc1. The molecule has 0 bridgehead atoms. The van der Waals surface area contributed by atoms with Crippen LogP contribution in [0.5, 0.6) is 0 Å². The normalized spacial score (nSPS) is 13.2. The molecule has 3 aromatic heterocycles. The van der Waals surface area contributed by atoms with E-state index in [0.717, 1.165) is 27.8 Å². The molecule has 0 atom stereocenters. The van der Waals surface area contributed by atoms with Gasteiger partial charge in [-0.05, 0) is 74.8 Å². The Morgan fingerprint density at radius 3 is 1.59 bits per heavy atom. The molecule has 14 rings (SSSR count). The third-order valence-corrected chi connectivity index (χ3v) is 14.7. The lowest BCUT2D eigenvalue weighted by Crippen LogP contribution is -2.25. The number of hydrogen-bond donors (Lipinski definition) is 0. The summed E-state index contributed by atoms with van der Waals surface area (Å²) < 4.78 is 4.92. The summed E-state index contributed by atoms with van der Waals surface area (Å²) in [5.74, 6) is 1.96. The van der Waals surface area contributed by atoms with Gasteiger partial charge in [-0.1, -0.05) is 176 Å². The molecule has 63 heavy (non-hydrogen) atoms. The molecule has 0 amide bonds. The van der Waals surface area contributed by atoms with E-state index in [1.54, 1.807) is 0 Å². The minimum absolute atomic E-state index is 0.418. The first kappa shape index (κ1) is 34.7. The monoisotopic (exact) mass is 818 g/mol. The molecule has 292 valence electrons. The summed E-state index contributed by atoms with van der Waals surface area (Å²) in [7, 11) is 0. The molecule has 3 heterocycles. The lowest BCUT2D eigenvalue weighted by molar-refractivity contribution is 0.794. The molecule has 0 unspecified atom stereocenters. The van der Waals surface area contributed by atoms with Gasteiger partial charge < -0.3 is 4.57 Å². The Bertz CT molecular complexity index is 3760. The minimum Gasteiger partial charge on any atom is -0.308 e. The van der Waals surface area contributed by atoms with Crippen molar-refractivity contribution in [2.24, 2.45) is 0 Å². The maximum absolute atomic E-state index is 5.23. The third kappa shape index (κ3) is 4.66. The Labute approximate surface area is 367 Å². The van der Waals surface area contributed by atoms with Crippen LogP contribution in [-0.4, -0.2) is 19.5 Å². The van der Waals surface area contributed by atoms with Gasteiger partial charge >= 0.3 is 0 Å². The number of hydrogen-bond acceptors (Lipinski definition) is 4. The number of aromatic nitrogens is 4. The van der Waals surface area contributed by atoms with E-state index >= 15 is 0 Å². The van der Waals surface area contributed by atoms with Gasteiger partial charge in [0.15, 0.2) is 17.5 Å². The molecule has 2 aliphatic rings. The van der Waals surface area contributed by atoms with Crippen LogP contribution in [0.4, 0.5) is 0 Å². The first-order valence-corrected chi connectivity index (χ1v) is 22.3. The van der Waals surface area contributed by atoms with Crippen LogP contribution >= 0.6 is 11.3 Å². The Kier molecular flexibility index (Phi) is 7.16. The van der Waals surface area contributed by atoms with Crippen LogP contribution in [0.3, 0.4) is 0 Å². The van der Waals surface area contributed by atoms with Crippen molar-refractivity contribution in [3.05, 3.63) is 229 Å². The zero-order valence-corrected chi connectivity index (χ0v) is 34.6. The highest BCUT2D eigenvalue weighted by atomic mass is 32.1. The fraction of sp³-hybridized carbons (Fsp3) is 0.0172. The van der Waals surface area contributed by atoms with Crippen molar-refractivity contribution in [2.45, 2.75) is 5.41 Å². The van der Waals surface area contributed by atoms with Crippen molar-refractivity contribution in [3.8, 4) is 62.1 Å². The molecular formula is C58H34N4S. The highest BCUT2D eigenvalue weighted by molar-refractivity contribution is 7.26. The van der Waals surface area contributed by atoms with Gasteiger partial charge in [-0.3, -0.25) is 0 Å². The van der Waals surface area contributed by atoms with E-state index in [9.17, 15) is 0 Å². The maximum Gasteiger partial charge on any atom is 0.164 e. The first-order chi connectivity index (χ1) is 31.3. The van der Waals surface area contributed by atoms with E-state index in [-0.39, 0.29) is 0 Å². The molecule has 4 nitrogen and oxygen atoms in total. The largest absolute Gasteiger partial charge is 0.308 e. The van der Waals surface area contributed by atoms with E-state index in [1.807, 2.05) is 47.7 Å². The molecule has 0 N–H and O–H groups in total. The standard InChI is InChI=1S/C58H34N4S/c1-3-17-35(18-4-1)55-59-56(36-19-5-2-6-20-36)61-57(60-55)42-31-33-49(54-51(42)41-25-11-16-30-50(41)63-54)62-47-29-15-10-24-40(47)53-48(62)34-32-46-52(53)39-23-9-14-28-45(39)58(46)43-26-12-7-21-37(43)38-22-8-13-27-44(38)58/h1-34H. The van der Waals surface area contributed by atoms with Gasteiger partial charge in [0.1, 0.15) is 0 Å². The van der Waals surface area contributed by atoms with Crippen LogP contribution in [0.15, 0.2) is 206 Å². The molecule has 0 saturated carbocycles. The predicted octanol–water partition coefficient (Wildman–Crippen LogP) is 14.7. The molecule has 12 aromatic rings. The second kappa shape index (κ2) is 13.0. The summed E-state index contributed by atoms with van der Waals surface area (Å²) in [5.41, 5.74) is 16.6. The first-order valence-electron chi connectivity index (χ1n) is 21.5. The number of para-hydroxylation sites is 1. The van der Waals surface area contributed by atoms with Crippen molar-refractivity contribution >= 4 is 53.3 Å². The van der Waals surface area contributed by atoms with Gasteiger partial charge in [0.25, 0.3) is 0 Å². The highest BCUT2D eigenvalue weighted by Gasteiger charge is 2.52. The molecule has 0 saturated heterocycles. The van der Waals surface area contributed by atoms with Crippen molar-refractivity contribution in [3.63, 3.8) is 0 Å². The van der Waals surface area contributed by atoms with Crippen molar-refractivity contribution in [2.75, 3.05) is 0 Å². The van der Waals surface area contributed by atoms with Crippen LogP contribution in [0.25, 0.3) is 104 Å². The molecule has 0 aliphatic heterocycles. The van der Waals surface area contributed by atoms with Crippen LogP contribution in [0.2, 0.25) is 0 Å². The summed E-state index contributed by atoms with van der Waals surface area (Å²) in [4.78, 5) is 15.5. The third-order valence-electron chi connectivity index (χ3n) is 13.5. The lowest BCUT2D eigenvalue weighted by Gasteiger charge is -2.30. The average molecular weight is 819 g/mol. The average Bonchev–Trinajstić information content (AvgIpc) is 4.08. The molecule has 0 radical (unpaired) electrons. The van der Waals surface area contributed by atoms with E-state index < -0.39 is 5.41 Å². The van der Waals surface area contributed by atoms with Crippen LogP contribution in [0.1, 0.15) is 22.3 Å². The summed E-state index contributed by atoms with van der Waals surface area (Å²) in [6.45, 7) is 0. The topological polar surface area (TPSA) is 43.6 Å². The molecule has 5 heteroatoms. The minimum atomic E-state index is -0.418. The summed E-state index contributed by atoms with van der Waals surface area (Å²) in [5, 5.41) is 4.86. The van der Waals surface area contributed by atoms with Gasteiger partial charge in [-0.15, -0.1) is 11.3 Å². The van der Waals surface area contributed by atoms with Gasteiger partial charge in [-0.25, -0.2) is 15.0 Å². The number of rotatable bonds is 4. The van der Waals surface area contributed by atoms with E-state index in [1.165, 1.54) is 81.1 Å². The van der Waals surface area contributed by atoms with Gasteiger partial charge in [-0.2, -0.15) is 0 Å². The van der Waals surface area contributed by atoms with Crippen LogP contribution < -0.4 is 0 Å². The number of fused-ring (bicyclic) bond motifs is 17. The van der Waals surface area contributed by atoms with Crippen LogP contribution in [0, 0.1) is 0 Å². The van der Waals surface area contributed by atoms with E-state index in [4.69, 9.17) is 15.0 Å². The Hall–Kier alpha value is -7.99. The second-order valence-electron chi connectivity index (χ2n) is 16.6. The smallest absolute Gasteiger partial charge is 0.164 e. The number of benzene rings is 9. The van der Waals surface area contributed by atoms with Gasteiger partial charge in [0, 0.05) is 42.9 Å². The Morgan fingerprint density at radius 1 is 0.365 bits per heavy atom. The van der Waals surface area contributed by atoms with E-state index in [0.29, 0.717) is 17.5 Å². The molecule has 2 aliphatic carbocycles. The van der Waals surface area contributed by atoms with Crippen LogP contribution in [-0.2, 0) is 5.41 Å². The fourth-order valence-electron chi connectivity index (χ4n) is 11.0. The van der Waals surface area contributed by atoms with Gasteiger partial charge in [0.2, 0.25) is 0 Å². The van der Waals surface area contributed by atoms with Gasteiger partial charge in [0.05, 0.1) is 26.8 Å². The highest BCUT2D eigenvalue weighted by Crippen LogP contribution is 2.64. The summed E-state index contributed by atoms with van der Waals surface area (Å²) in [6.07, 6.45) is 0. The summed E-state index contributed by atoms with van der Waals surface area (Å²) in [6, 6.07) is 74.7. The van der Waals surface area contributed by atoms with Crippen molar-refractivity contribution in [1.82, 2.24) is 19.5 Å². The zero-order valence-electron chi connectivity index (χ0n) is 33.8. The summed E-state index contributed by atoms with van der Waals surface area (Å²) >= 11 is 1.84.